The Morgan fingerprint density at radius 3 is 2.44 bits per heavy atom. The molecule has 0 fully saturated rings. The molecule has 8 heteroatoms. The number of ether oxygens (including phenoxy) is 1. The molecule has 0 radical (unpaired) electrons. The highest BCUT2D eigenvalue weighted by atomic mass is 16.6. The molecule has 27 heavy (non-hydrogen) atoms. The summed E-state index contributed by atoms with van der Waals surface area (Å²) in [5, 5.41) is 2.56. The van der Waals surface area contributed by atoms with Crippen molar-refractivity contribution < 1.29 is 23.9 Å². The summed E-state index contributed by atoms with van der Waals surface area (Å²) in [6, 6.07) is 7.37. The Morgan fingerprint density at radius 1 is 1.26 bits per heavy atom. The van der Waals surface area contributed by atoms with E-state index in [9.17, 15) is 14.4 Å². The van der Waals surface area contributed by atoms with Crippen LogP contribution < -0.4 is 11.1 Å². The van der Waals surface area contributed by atoms with Gasteiger partial charge < -0.3 is 21.3 Å². The number of esters is 1. The van der Waals surface area contributed by atoms with Crippen molar-refractivity contribution in [1.29, 1.82) is 0 Å². The van der Waals surface area contributed by atoms with Gasteiger partial charge in [-0.3, -0.25) is 9.59 Å². The van der Waals surface area contributed by atoms with Crippen LogP contribution in [-0.2, 0) is 25.5 Å². The van der Waals surface area contributed by atoms with Crippen molar-refractivity contribution >= 4 is 23.9 Å². The summed E-state index contributed by atoms with van der Waals surface area (Å²) in [5.74, 6) is -1.65. The lowest BCUT2D eigenvalue weighted by Crippen LogP contribution is -2.50. The second-order valence-corrected chi connectivity index (χ2v) is 7.14. The number of nitrogens with zero attached hydrogens (tertiary/aromatic N) is 2. The van der Waals surface area contributed by atoms with Crippen molar-refractivity contribution in [3.05, 3.63) is 41.4 Å². The zero-order valence-corrected chi connectivity index (χ0v) is 15.8. The van der Waals surface area contributed by atoms with Crippen molar-refractivity contribution in [2.24, 2.45) is 5.73 Å². The number of amides is 1. The fourth-order valence-corrected chi connectivity index (χ4v) is 2.28. The maximum atomic E-state index is 12.4. The zero-order chi connectivity index (χ0) is 20.4. The van der Waals surface area contributed by atoms with E-state index in [1.54, 1.807) is 20.8 Å². The second kappa shape index (κ2) is 10.4. The van der Waals surface area contributed by atoms with Gasteiger partial charge in [-0.05, 0) is 39.2 Å². The molecular weight excluding hydrogens is 348 g/mol. The first-order valence-electron chi connectivity index (χ1n) is 8.65. The maximum absolute atomic E-state index is 12.4. The summed E-state index contributed by atoms with van der Waals surface area (Å²) in [5.41, 5.74) is 14.5. The zero-order valence-electron chi connectivity index (χ0n) is 15.8. The van der Waals surface area contributed by atoms with Gasteiger partial charge in [-0.2, -0.15) is 4.79 Å². The van der Waals surface area contributed by atoms with E-state index in [0.717, 1.165) is 11.8 Å². The number of nitrogens with two attached hydrogens (primary N) is 1. The summed E-state index contributed by atoms with van der Waals surface area (Å²) in [6.07, 6.45) is 0.963. The molecule has 8 nitrogen and oxygen atoms in total. The summed E-state index contributed by atoms with van der Waals surface area (Å²) in [7, 11) is 0. The number of Topliss-reactive ketones (excluding diaryl/α,β-unsaturated/α-hetero) is 1. The standard InChI is InChI=1S/C19H26N4O4/c1-19(2,3)27-18(26)16(10-9-14(24)12-22-21)23-17(25)15(20)11-13-7-5-4-6-8-13/h4-8,12,15-16H,9-11,20H2,1-3H3,(H,23,25)/t15-,16-/m0/s1. The first-order valence-corrected chi connectivity index (χ1v) is 8.65. The van der Waals surface area contributed by atoms with Gasteiger partial charge in [-0.15, -0.1) is 0 Å². The van der Waals surface area contributed by atoms with Gasteiger partial charge in [0.15, 0.2) is 0 Å². The molecule has 1 aromatic rings. The van der Waals surface area contributed by atoms with Crippen molar-refractivity contribution in [2.75, 3.05) is 0 Å². The third kappa shape index (κ3) is 8.89. The molecule has 3 N–H and O–H groups in total. The highest BCUT2D eigenvalue weighted by Crippen LogP contribution is 2.11. The molecule has 0 saturated carbocycles. The number of rotatable bonds is 9. The third-order valence-electron chi connectivity index (χ3n) is 3.52. The highest BCUT2D eigenvalue weighted by molar-refractivity contribution is 6.25. The Kier molecular flexibility index (Phi) is 8.51. The Balaban J connectivity index is 2.78. The predicted molar refractivity (Wildman–Crippen MR) is 99.8 cm³/mol. The monoisotopic (exact) mass is 374 g/mol. The van der Waals surface area contributed by atoms with E-state index in [1.807, 2.05) is 30.3 Å². The molecule has 0 heterocycles. The van der Waals surface area contributed by atoms with Gasteiger partial charge >= 0.3 is 12.2 Å². The van der Waals surface area contributed by atoms with Crippen molar-refractivity contribution in [3.63, 3.8) is 0 Å². The van der Waals surface area contributed by atoms with Crippen LogP contribution in [0, 0.1) is 0 Å². The van der Waals surface area contributed by atoms with Crippen LogP contribution in [0.25, 0.3) is 5.53 Å². The molecule has 2 atom stereocenters. The molecule has 0 unspecified atom stereocenters. The normalized spacial score (nSPS) is 13.0. The van der Waals surface area contributed by atoms with E-state index < -0.39 is 35.3 Å². The van der Waals surface area contributed by atoms with Gasteiger partial charge in [0, 0.05) is 6.42 Å². The fraction of sp³-hybridized carbons (Fsp3) is 0.474. The van der Waals surface area contributed by atoms with Gasteiger partial charge in [-0.1, -0.05) is 30.3 Å². The Bertz CT molecular complexity index is 706. The first kappa shape index (κ1) is 22.2. The topological polar surface area (TPSA) is 135 Å². The molecule has 0 aliphatic carbocycles. The summed E-state index contributed by atoms with van der Waals surface area (Å²) >= 11 is 0. The van der Waals surface area contributed by atoms with Crippen molar-refractivity contribution in [3.8, 4) is 0 Å². The molecule has 1 amide bonds. The van der Waals surface area contributed by atoms with Gasteiger partial charge in [0.2, 0.25) is 11.7 Å². The van der Waals surface area contributed by atoms with Gasteiger partial charge in [-0.25, -0.2) is 4.79 Å². The molecule has 0 aliphatic heterocycles. The molecule has 0 spiro atoms. The minimum atomic E-state index is -1.03. The average molecular weight is 374 g/mol. The quantitative estimate of drug-likeness (QED) is 0.288. The van der Waals surface area contributed by atoms with E-state index in [1.165, 1.54) is 0 Å². The SMILES string of the molecule is CC(C)(C)OC(=O)[C@H](CCC(=O)C=[N+]=[N-])NC(=O)[C@@H](N)Cc1ccccc1. The molecule has 1 aromatic carbocycles. The Morgan fingerprint density at radius 2 is 1.89 bits per heavy atom. The van der Waals surface area contributed by atoms with E-state index >= 15 is 0 Å². The van der Waals surface area contributed by atoms with Crippen molar-refractivity contribution in [1.82, 2.24) is 5.32 Å². The second-order valence-electron chi connectivity index (χ2n) is 7.14. The minimum Gasteiger partial charge on any atom is -0.458 e. The first-order chi connectivity index (χ1) is 12.6. The number of nitrogens with one attached hydrogen (secondary N) is 1. The number of hydrogen-bond acceptors (Lipinski definition) is 5. The van der Waals surface area contributed by atoms with Crippen LogP contribution in [-0.4, -0.2) is 46.3 Å². The number of ketones is 1. The highest BCUT2D eigenvalue weighted by Gasteiger charge is 2.29. The molecule has 0 bridgehead atoms. The molecule has 1 rings (SSSR count). The number of benzene rings is 1. The van der Waals surface area contributed by atoms with Gasteiger partial charge in [0.25, 0.3) is 0 Å². The van der Waals surface area contributed by atoms with Gasteiger partial charge in [0.1, 0.15) is 11.6 Å². The maximum Gasteiger partial charge on any atom is 0.329 e. The number of carbonyl (C=O) groups excluding carboxylic acids is 3. The summed E-state index contributed by atoms with van der Waals surface area (Å²) < 4.78 is 5.30. The van der Waals surface area contributed by atoms with Gasteiger partial charge in [0.05, 0.1) is 6.04 Å². The van der Waals surface area contributed by atoms with E-state index in [4.69, 9.17) is 16.0 Å². The average Bonchev–Trinajstić information content (AvgIpc) is 2.57. The molecular formula is C19H26N4O4. The molecule has 146 valence electrons. The lowest BCUT2D eigenvalue weighted by molar-refractivity contribution is -0.159. The third-order valence-corrected chi connectivity index (χ3v) is 3.52. The van der Waals surface area contributed by atoms with E-state index in [0.29, 0.717) is 6.42 Å². The minimum absolute atomic E-state index is 0.00354. The lowest BCUT2D eigenvalue weighted by atomic mass is 10.0. The number of hydrogen-bond donors (Lipinski definition) is 2. The van der Waals surface area contributed by atoms with Crippen LogP contribution in [0.4, 0.5) is 0 Å². The number of carbonyl (C=O) groups is 3. The van der Waals surface area contributed by atoms with Crippen molar-refractivity contribution in [2.45, 2.75) is 57.7 Å². The molecule has 0 aliphatic rings. The summed E-state index contributed by atoms with van der Waals surface area (Å²) in [4.78, 5) is 38.9. The molecule has 0 aromatic heterocycles. The van der Waals surface area contributed by atoms with Crippen LogP contribution >= 0.6 is 0 Å². The predicted octanol–water partition coefficient (Wildman–Crippen LogP) is 1.03. The molecule has 0 saturated heterocycles. The van der Waals surface area contributed by atoms with E-state index in [2.05, 4.69) is 10.1 Å². The lowest BCUT2D eigenvalue weighted by Gasteiger charge is -2.25. The smallest absolute Gasteiger partial charge is 0.329 e. The fourth-order valence-electron chi connectivity index (χ4n) is 2.28. The Labute approximate surface area is 158 Å². The summed E-state index contributed by atoms with van der Waals surface area (Å²) in [6.45, 7) is 5.11. The van der Waals surface area contributed by atoms with Crippen LogP contribution in [0.2, 0.25) is 0 Å². The van der Waals surface area contributed by atoms with Crippen LogP contribution in [0.15, 0.2) is 30.3 Å². The largest absolute Gasteiger partial charge is 0.458 e. The van der Waals surface area contributed by atoms with Crippen LogP contribution in [0.3, 0.4) is 0 Å². The Hall–Kier alpha value is -2.83. The van der Waals surface area contributed by atoms with Crippen LogP contribution in [0.1, 0.15) is 39.2 Å². The van der Waals surface area contributed by atoms with E-state index in [-0.39, 0.29) is 12.8 Å². The van der Waals surface area contributed by atoms with Crippen LogP contribution in [0.5, 0.6) is 0 Å².